The molecule has 0 bridgehead atoms. The Morgan fingerprint density at radius 1 is 1.00 bits per heavy atom. The number of rotatable bonds is 2. The fourth-order valence-corrected chi connectivity index (χ4v) is 2.08. The smallest absolute Gasteiger partial charge is 0.253 e. The van der Waals surface area contributed by atoms with Crippen molar-refractivity contribution in [3.8, 4) is 0 Å². The summed E-state index contributed by atoms with van der Waals surface area (Å²) in [5.41, 5.74) is 1.75. The molecule has 1 aromatic carbocycles. The maximum Gasteiger partial charge on any atom is 0.253 e. The molecule has 0 radical (unpaired) electrons. The van der Waals surface area contributed by atoms with Gasteiger partial charge in [0.05, 0.1) is 22.9 Å². The van der Waals surface area contributed by atoms with Crippen molar-refractivity contribution in [1.82, 2.24) is 19.4 Å². The molecule has 0 unspecified atom stereocenters. The second-order valence-corrected chi connectivity index (χ2v) is 3.81. The number of benzene rings is 1. The molecule has 17 heavy (non-hydrogen) atoms. The van der Waals surface area contributed by atoms with Crippen LogP contribution in [0.2, 0.25) is 0 Å². The first kappa shape index (κ1) is 11.5. The van der Waals surface area contributed by atoms with Crippen LogP contribution in [0.25, 0.3) is 11.0 Å². The lowest BCUT2D eigenvalue weighted by atomic mass is 10.1. The van der Waals surface area contributed by atoms with E-state index in [0.717, 1.165) is 11.7 Å². The van der Waals surface area contributed by atoms with Gasteiger partial charge < -0.3 is 10.6 Å². The Balaban J connectivity index is 2.67. The van der Waals surface area contributed by atoms with Crippen LogP contribution in [-0.4, -0.2) is 34.7 Å². The zero-order valence-electron chi connectivity index (χ0n) is 9.27. The van der Waals surface area contributed by atoms with Gasteiger partial charge in [0.1, 0.15) is 11.0 Å². The van der Waals surface area contributed by atoms with Crippen LogP contribution < -0.4 is 10.6 Å². The average molecular weight is 250 g/mol. The molecule has 0 atom stereocenters. The maximum atomic E-state index is 11.6. The van der Waals surface area contributed by atoms with Gasteiger partial charge in [-0.3, -0.25) is 9.59 Å². The lowest BCUT2D eigenvalue weighted by molar-refractivity contribution is 0.0953. The van der Waals surface area contributed by atoms with Crippen molar-refractivity contribution in [3.63, 3.8) is 0 Å². The molecule has 1 heterocycles. The van der Waals surface area contributed by atoms with E-state index in [4.69, 9.17) is 0 Å². The largest absolute Gasteiger partial charge is 0.355 e. The lowest BCUT2D eigenvalue weighted by Crippen LogP contribution is -2.20. The van der Waals surface area contributed by atoms with Gasteiger partial charge in [0.2, 0.25) is 0 Å². The zero-order valence-corrected chi connectivity index (χ0v) is 10.1. The number of nitrogens with zero attached hydrogens (tertiary/aromatic N) is 2. The SMILES string of the molecule is CNC(=O)c1ccc(C(=O)NC)c2nsnc12. The van der Waals surface area contributed by atoms with E-state index >= 15 is 0 Å². The highest BCUT2D eigenvalue weighted by Crippen LogP contribution is 2.21. The number of fused-ring (bicyclic) bond motifs is 1. The van der Waals surface area contributed by atoms with Gasteiger partial charge in [-0.15, -0.1) is 0 Å². The summed E-state index contributed by atoms with van der Waals surface area (Å²) >= 11 is 0.977. The van der Waals surface area contributed by atoms with Gasteiger partial charge >= 0.3 is 0 Å². The lowest BCUT2D eigenvalue weighted by Gasteiger charge is -2.04. The molecule has 2 aromatic rings. The molecule has 0 aliphatic carbocycles. The van der Waals surface area contributed by atoms with Crippen molar-refractivity contribution in [1.29, 1.82) is 0 Å². The van der Waals surface area contributed by atoms with Gasteiger partial charge in [-0.2, -0.15) is 8.75 Å². The number of nitrogens with one attached hydrogen (secondary N) is 2. The van der Waals surface area contributed by atoms with E-state index in [9.17, 15) is 9.59 Å². The van der Waals surface area contributed by atoms with Gasteiger partial charge in [0.25, 0.3) is 11.8 Å². The molecular weight excluding hydrogens is 240 g/mol. The topological polar surface area (TPSA) is 84.0 Å². The van der Waals surface area contributed by atoms with Gasteiger partial charge in [0.15, 0.2) is 0 Å². The highest BCUT2D eigenvalue weighted by atomic mass is 32.1. The summed E-state index contributed by atoms with van der Waals surface area (Å²) < 4.78 is 8.11. The first-order valence-corrected chi connectivity index (χ1v) is 5.61. The summed E-state index contributed by atoms with van der Waals surface area (Å²) in [5, 5.41) is 5.05. The Bertz CT molecular complexity index is 543. The first-order chi connectivity index (χ1) is 8.19. The van der Waals surface area contributed by atoms with E-state index in [-0.39, 0.29) is 11.8 Å². The Kier molecular flexibility index (Phi) is 3.01. The van der Waals surface area contributed by atoms with Crippen molar-refractivity contribution in [3.05, 3.63) is 23.3 Å². The Hall–Kier alpha value is -2.02. The molecule has 0 saturated heterocycles. The monoisotopic (exact) mass is 250 g/mol. The number of amides is 2. The standard InChI is InChI=1S/C10H10N4O2S/c1-11-9(15)5-3-4-6(10(16)12-2)8-7(5)13-17-14-8/h3-4H,1-2H3,(H,11,15)(H,12,16). The van der Waals surface area contributed by atoms with Gasteiger partial charge in [0, 0.05) is 14.1 Å². The van der Waals surface area contributed by atoms with Gasteiger partial charge in [-0.25, -0.2) is 0 Å². The molecule has 2 rings (SSSR count). The normalized spacial score (nSPS) is 10.2. The summed E-state index contributed by atoms with van der Waals surface area (Å²) in [6.45, 7) is 0. The third-order valence-corrected chi connectivity index (χ3v) is 2.89. The minimum atomic E-state index is -0.244. The number of carbonyl (C=O) groups excluding carboxylic acids is 2. The van der Waals surface area contributed by atoms with Crippen LogP contribution in [0.5, 0.6) is 0 Å². The minimum Gasteiger partial charge on any atom is -0.355 e. The van der Waals surface area contributed by atoms with E-state index in [1.54, 1.807) is 26.2 Å². The molecule has 1 aromatic heterocycles. The van der Waals surface area contributed by atoms with Crippen molar-refractivity contribution >= 4 is 34.6 Å². The highest BCUT2D eigenvalue weighted by Gasteiger charge is 2.17. The molecule has 0 spiro atoms. The quantitative estimate of drug-likeness (QED) is 0.808. The molecule has 0 fully saturated rings. The van der Waals surface area contributed by atoms with E-state index in [2.05, 4.69) is 19.4 Å². The second kappa shape index (κ2) is 4.46. The molecule has 6 nitrogen and oxygen atoms in total. The molecule has 0 saturated carbocycles. The molecular formula is C10H10N4O2S. The van der Waals surface area contributed by atoms with Crippen molar-refractivity contribution in [2.45, 2.75) is 0 Å². The van der Waals surface area contributed by atoms with Crippen LogP contribution in [0.3, 0.4) is 0 Å². The van der Waals surface area contributed by atoms with E-state index in [1.165, 1.54) is 0 Å². The number of hydrogen-bond acceptors (Lipinski definition) is 5. The van der Waals surface area contributed by atoms with Crippen LogP contribution in [0.15, 0.2) is 12.1 Å². The number of hydrogen-bond donors (Lipinski definition) is 2. The molecule has 2 N–H and O–H groups in total. The van der Waals surface area contributed by atoms with Crippen molar-refractivity contribution in [2.75, 3.05) is 14.1 Å². The fourth-order valence-electron chi connectivity index (χ4n) is 1.50. The zero-order chi connectivity index (χ0) is 12.4. The fraction of sp³-hybridized carbons (Fsp3) is 0.200. The third kappa shape index (κ3) is 1.84. The van der Waals surface area contributed by atoms with Gasteiger partial charge in [-0.1, -0.05) is 0 Å². The highest BCUT2D eigenvalue weighted by molar-refractivity contribution is 7.00. The first-order valence-electron chi connectivity index (χ1n) is 4.88. The van der Waals surface area contributed by atoms with E-state index < -0.39 is 0 Å². The minimum absolute atomic E-state index is 0.244. The maximum absolute atomic E-state index is 11.6. The molecule has 88 valence electrons. The van der Waals surface area contributed by atoms with E-state index in [1.807, 2.05) is 0 Å². The Labute approximate surface area is 101 Å². The summed E-state index contributed by atoms with van der Waals surface area (Å²) in [7, 11) is 3.08. The van der Waals surface area contributed by atoms with Crippen LogP contribution in [0.1, 0.15) is 20.7 Å². The number of carbonyl (C=O) groups is 2. The summed E-state index contributed by atoms with van der Waals surface area (Å²) in [6, 6.07) is 3.15. The van der Waals surface area contributed by atoms with Crippen molar-refractivity contribution < 1.29 is 9.59 Å². The predicted octanol–water partition coefficient (Wildman–Crippen LogP) is 0.410. The van der Waals surface area contributed by atoms with Crippen LogP contribution >= 0.6 is 11.7 Å². The van der Waals surface area contributed by atoms with Crippen molar-refractivity contribution in [2.24, 2.45) is 0 Å². The van der Waals surface area contributed by atoms with Crippen LogP contribution in [0.4, 0.5) is 0 Å². The molecule has 2 amide bonds. The Morgan fingerprint density at radius 2 is 1.41 bits per heavy atom. The third-order valence-electron chi connectivity index (χ3n) is 2.36. The van der Waals surface area contributed by atoms with Crippen LogP contribution in [-0.2, 0) is 0 Å². The summed E-state index contributed by atoms with van der Waals surface area (Å²) in [6.07, 6.45) is 0. The Morgan fingerprint density at radius 3 is 1.76 bits per heavy atom. The molecule has 0 aliphatic rings. The predicted molar refractivity (Wildman–Crippen MR) is 64.2 cm³/mol. The number of aromatic nitrogens is 2. The van der Waals surface area contributed by atoms with Gasteiger partial charge in [-0.05, 0) is 12.1 Å². The summed E-state index contributed by atoms with van der Waals surface area (Å²) in [4.78, 5) is 23.2. The molecule has 7 heteroatoms. The van der Waals surface area contributed by atoms with E-state index in [0.29, 0.717) is 22.2 Å². The molecule has 0 aliphatic heterocycles. The summed E-state index contributed by atoms with van der Waals surface area (Å²) in [5.74, 6) is -0.489. The average Bonchev–Trinajstić information content (AvgIpc) is 2.84. The second-order valence-electron chi connectivity index (χ2n) is 3.28. The van der Waals surface area contributed by atoms with Crippen LogP contribution in [0, 0.1) is 0 Å².